The van der Waals surface area contributed by atoms with Gasteiger partial charge in [-0.2, -0.15) is 4.39 Å². The van der Waals surface area contributed by atoms with Gasteiger partial charge < -0.3 is 39.8 Å². The molecule has 3 N–H and O–H groups in total. The Morgan fingerprint density at radius 3 is 2.59 bits per heavy atom. The van der Waals surface area contributed by atoms with Gasteiger partial charge in [0.05, 0.1) is 25.0 Å². The molecule has 0 unspecified atom stereocenters. The molecule has 3 atom stereocenters. The zero-order chi connectivity index (χ0) is 33.4. The van der Waals surface area contributed by atoms with E-state index in [0.717, 1.165) is 11.2 Å². The minimum absolute atomic E-state index is 0.122. The second-order valence-electron chi connectivity index (χ2n) is 12.5. The van der Waals surface area contributed by atoms with Crippen molar-refractivity contribution in [1.29, 1.82) is 0 Å². The first-order chi connectivity index (χ1) is 21.8. The number of carbonyl (C=O) groups is 3. The van der Waals surface area contributed by atoms with Crippen molar-refractivity contribution in [3.05, 3.63) is 29.1 Å². The van der Waals surface area contributed by atoms with Crippen LogP contribution in [-0.2, 0) is 23.9 Å². The molecule has 1 aromatic heterocycles. The van der Waals surface area contributed by atoms with E-state index < -0.39 is 53.4 Å². The van der Waals surface area contributed by atoms with Gasteiger partial charge in [0, 0.05) is 49.8 Å². The van der Waals surface area contributed by atoms with Crippen LogP contribution in [0.15, 0.2) is 17.5 Å². The Labute approximate surface area is 271 Å². The van der Waals surface area contributed by atoms with Crippen LogP contribution in [0.3, 0.4) is 0 Å². The Kier molecular flexibility index (Phi) is 12.3. The molecule has 254 valence electrons. The molecule has 3 heterocycles. The quantitative estimate of drug-likeness (QED) is 0.275. The number of carbonyl (C=O) groups excluding carboxylic acids is 3. The average Bonchev–Trinajstić information content (AvgIpc) is 3.64. The Morgan fingerprint density at radius 1 is 1.17 bits per heavy atom. The van der Waals surface area contributed by atoms with Crippen molar-refractivity contribution in [2.45, 2.75) is 58.7 Å². The Bertz CT molecular complexity index is 1370. The molecule has 4 rings (SSSR count). The Balaban J connectivity index is 1.19. The largest absolute Gasteiger partial charge is 0.480 e. The molecule has 2 aliphatic heterocycles. The molecule has 0 radical (unpaired) electrons. The van der Waals surface area contributed by atoms with E-state index in [1.165, 1.54) is 17.4 Å². The number of benzene rings is 1. The summed E-state index contributed by atoms with van der Waals surface area (Å²) in [5.41, 5.74) is 0.0785. The summed E-state index contributed by atoms with van der Waals surface area (Å²) in [7, 11) is 0. The second kappa shape index (κ2) is 15.9. The number of aliphatic hydroxyl groups is 1. The molecular weight excluding hydrogens is 624 g/mol. The summed E-state index contributed by atoms with van der Waals surface area (Å²) < 4.78 is 45.1. The highest BCUT2D eigenvalue weighted by Gasteiger charge is 2.40. The van der Waals surface area contributed by atoms with Gasteiger partial charge in [-0.1, -0.05) is 20.8 Å². The number of anilines is 1. The lowest BCUT2D eigenvalue weighted by molar-refractivity contribution is -0.141. The maximum atomic E-state index is 14.8. The number of hydrogen-bond donors (Lipinski definition) is 3. The number of amides is 3. The van der Waals surface area contributed by atoms with Crippen LogP contribution in [0.4, 0.5) is 13.9 Å². The molecule has 0 aliphatic carbocycles. The highest BCUT2D eigenvalue weighted by Crippen LogP contribution is 2.36. The molecule has 0 bridgehead atoms. The number of aromatic nitrogens is 1. The first kappa shape index (κ1) is 35.5. The molecule has 15 heteroatoms. The highest BCUT2D eigenvalue weighted by molar-refractivity contribution is 7.14. The minimum atomic E-state index is -1.21. The van der Waals surface area contributed by atoms with Gasteiger partial charge in [0.15, 0.2) is 23.3 Å². The topological polar surface area (TPSA) is 143 Å². The molecule has 2 fully saturated rings. The van der Waals surface area contributed by atoms with Crippen LogP contribution < -0.4 is 20.3 Å². The monoisotopic (exact) mass is 667 g/mol. The number of aliphatic hydroxyl groups excluding tert-OH is 1. The summed E-state index contributed by atoms with van der Waals surface area (Å²) >= 11 is 1.37. The second-order valence-corrected chi connectivity index (χ2v) is 13.3. The molecule has 0 saturated carbocycles. The van der Waals surface area contributed by atoms with Gasteiger partial charge in [0.1, 0.15) is 12.6 Å². The molecule has 1 aromatic carbocycles. The van der Waals surface area contributed by atoms with Crippen molar-refractivity contribution in [3.8, 4) is 17.0 Å². The number of thiazole rings is 1. The average molecular weight is 668 g/mol. The van der Waals surface area contributed by atoms with Crippen LogP contribution in [0.2, 0.25) is 0 Å². The summed E-state index contributed by atoms with van der Waals surface area (Å²) in [5, 5.41) is 17.8. The van der Waals surface area contributed by atoms with Crippen LogP contribution in [-0.4, -0.2) is 110 Å². The van der Waals surface area contributed by atoms with E-state index in [1.54, 1.807) is 10.3 Å². The van der Waals surface area contributed by atoms with Crippen LogP contribution in [0.1, 0.15) is 40.5 Å². The van der Waals surface area contributed by atoms with E-state index in [2.05, 4.69) is 15.6 Å². The van der Waals surface area contributed by atoms with Gasteiger partial charge in [-0.15, -0.1) is 11.3 Å². The van der Waals surface area contributed by atoms with E-state index >= 15 is 0 Å². The van der Waals surface area contributed by atoms with Crippen molar-refractivity contribution in [2.24, 2.45) is 5.41 Å². The molecular formula is C31H43F2N5O7S. The van der Waals surface area contributed by atoms with Crippen molar-refractivity contribution in [1.82, 2.24) is 20.5 Å². The van der Waals surface area contributed by atoms with Gasteiger partial charge in [-0.05, 0) is 37.3 Å². The number of rotatable bonds is 13. The summed E-state index contributed by atoms with van der Waals surface area (Å²) in [6.07, 6.45) is 0.282. The number of ether oxygens (including phenoxy) is 3. The standard InChI is InChI=1S/C31H43F2N5O7S/c1-19-14-20(39)15-38(19)29(42)28(31(2,3)4)36-25(41)16-44-11-5-8-34-24(40)17-45-27-21(6-7-22(32)26(27)33)23-18-46-30(35-23)37-9-12-43-13-10-37/h6-7,18-20,28,39H,5,8-17H2,1-4H3,(H,34,40)(H,36,41)/t19-,20-,28-/m1/s1. The van der Waals surface area contributed by atoms with Crippen LogP contribution in [0.5, 0.6) is 5.75 Å². The van der Waals surface area contributed by atoms with Crippen molar-refractivity contribution in [3.63, 3.8) is 0 Å². The maximum Gasteiger partial charge on any atom is 0.257 e. The van der Waals surface area contributed by atoms with E-state index in [9.17, 15) is 28.3 Å². The lowest BCUT2D eigenvalue weighted by atomic mass is 9.85. The SMILES string of the molecule is C[C@@H]1C[C@@H](O)CN1C(=O)[C@@H](NC(=O)COCCCNC(=O)COc1c(-c2csc(N3CCOCC3)n2)ccc(F)c1F)C(C)(C)C. The molecule has 2 saturated heterocycles. The van der Waals surface area contributed by atoms with Gasteiger partial charge in [-0.25, -0.2) is 9.37 Å². The zero-order valence-electron chi connectivity index (χ0n) is 26.6. The fraction of sp³-hybridized carbons (Fsp3) is 0.613. The summed E-state index contributed by atoms with van der Waals surface area (Å²) in [6.45, 7) is 9.68. The van der Waals surface area contributed by atoms with E-state index in [0.29, 0.717) is 44.8 Å². The van der Waals surface area contributed by atoms with Crippen molar-refractivity contribution in [2.75, 3.05) is 64.1 Å². The van der Waals surface area contributed by atoms with E-state index in [4.69, 9.17) is 14.2 Å². The predicted octanol–water partition coefficient (Wildman–Crippen LogP) is 2.34. The number of nitrogens with one attached hydrogen (secondary N) is 2. The third kappa shape index (κ3) is 9.33. The van der Waals surface area contributed by atoms with Crippen LogP contribution in [0, 0.1) is 17.0 Å². The fourth-order valence-corrected chi connectivity index (χ4v) is 6.12. The highest BCUT2D eigenvalue weighted by atomic mass is 32.1. The third-order valence-corrected chi connectivity index (χ3v) is 8.62. The normalized spacial score (nSPS) is 19.2. The lowest BCUT2D eigenvalue weighted by Gasteiger charge is -2.35. The lowest BCUT2D eigenvalue weighted by Crippen LogP contribution is -2.56. The Hall–Kier alpha value is -3.40. The summed E-state index contributed by atoms with van der Waals surface area (Å²) in [4.78, 5) is 46.3. The molecule has 12 nitrogen and oxygen atoms in total. The van der Waals surface area contributed by atoms with Gasteiger partial charge in [-0.3, -0.25) is 14.4 Å². The summed E-state index contributed by atoms with van der Waals surface area (Å²) in [6, 6.07) is 1.45. The van der Waals surface area contributed by atoms with E-state index in [-0.39, 0.29) is 43.8 Å². The molecule has 0 spiro atoms. The fourth-order valence-electron chi connectivity index (χ4n) is 5.25. The number of halogens is 2. The number of nitrogens with zero attached hydrogens (tertiary/aromatic N) is 3. The Morgan fingerprint density at radius 2 is 1.91 bits per heavy atom. The van der Waals surface area contributed by atoms with Gasteiger partial charge in [0.25, 0.3) is 5.91 Å². The zero-order valence-corrected chi connectivity index (χ0v) is 27.5. The van der Waals surface area contributed by atoms with E-state index in [1.807, 2.05) is 32.6 Å². The van der Waals surface area contributed by atoms with Crippen LogP contribution >= 0.6 is 11.3 Å². The van der Waals surface area contributed by atoms with Gasteiger partial charge in [0.2, 0.25) is 17.6 Å². The number of hydrogen-bond acceptors (Lipinski definition) is 10. The number of likely N-dealkylation sites (tertiary alicyclic amines) is 1. The molecule has 46 heavy (non-hydrogen) atoms. The van der Waals surface area contributed by atoms with Crippen molar-refractivity contribution >= 4 is 34.2 Å². The predicted molar refractivity (Wildman–Crippen MR) is 168 cm³/mol. The minimum Gasteiger partial charge on any atom is -0.480 e. The third-order valence-electron chi connectivity index (χ3n) is 7.72. The van der Waals surface area contributed by atoms with Crippen molar-refractivity contribution < 1.29 is 42.5 Å². The molecule has 3 amide bonds. The molecule has 2 aliphatic rings. The smallest absolute Gasteiger partial charge is 0.257 e. The maximum absolute atomic E-state index is 14.8. The first-order valence-electron chi connectivity index (χ1n) is 15.4. The number of morpholine rings is 1. The summed E-state index contributed by atoms with van der Waals surface area (Å²) in [5.74, 6) is -3.96. The first-order valence-corrected chi connectivity index (χ1v) is 16.2. The molecule has 2 aromatic rings. The van der Waals surface area contributed by atoms with Crippen LogP contribution in [0.25, 0.3) is 11.3 Å². The number of β-amino-alcohol motifs (C(OH)–C–C–N with tert-alkyl or cyclic N) is 1. The van der Waals surface area contributed by atoms with Gasteiger partial charge >= 0.3 is 0 Å².